The number of hydrogen-bond donors (Lipinski definition) is 2. The van der Waals surface area contributed by atoms with Gasteiger partial charge in [-0.15, -0.1) is 0 Å². The van der Waals surface area contributed by atoms with Crippen LogP contribution >= 0.6 is 0 Å². The number of aromatic nitrogens is 3. The highest BCUT2D eigenvalue weighted by Gasteiger charge is 2.19. The Bertz CT molecular complexity index is 1410. The number of aromatic amines is 1. The van der Waals surface area contributed by atoms with Gasteiger partial charge in [-0.1, -0.05) is 25.1 Å². The highest BCUT2D eigenvalue weighted by Crippen LogP contribution is 2.35. The summed E-state index contributed by atoms with van der Waals surface area (Å²) >= 11 is 0. The number of nitrogens with zero attached hydrogens (tertiary/aromatic N) is 4. The molecule has 0 fully saturated rings. The third kappa shape index (κ3) is 5.06. The summed E-state index contributed by atoms with van der Waals surface area (Å²) in [7, 11) is 6.87. The van der Waals surface area contributed by atoms with Crippen LogP contribution in [0.3, 0.4) is 0 Å². The maximum Gasteiger partial charge on any atom is 0.255 e. The third-order valence-electron chi connectivity index (χ3n) is 6.00. The number of fused-ring (bicyclic) bond motifs is 1. The van der Waals surface area contributed by atoms with E-state index in [1.807, 2.05) is 55.3 Å². The number of methoxy groups -OCH3 is 1. The lowest BCUT2D eigenvalue weighted by molar-refractivity contribution is -0.117. The quantitative estimate of drug-likeness (QED) is 0.392. The molecule has 4 aromatic rings. The van der Waals surface area contributed by atoms with E-state index in [0.29, 0.717) is 16.9 Å². The fraction of sp³-hybridized carbons (Fsp3) is 0.259. The number of benzene rings is 2. The van der Waals surface area contributed by atoms with Crippen molar-refractivity contribution in [3.8, 4) is 28.1 Å². The zero-order chi connectivity index (χ0) is 25.8. The number of amides is 2. The number of rotatable bonds is 8. The molecule has 0 atom stereocenters. The monoisotopic (exact) mass is 486 g/mol. The van der Waals surface area contributed by atoms with Crippen molar-refractivity contribution in [3.63, 3.8) is 0 Å². The molecule has 0 radical (unpaired) electrons. The summed E-state index contributed by atoms with van der Waals surface area (Å²) in [5.74, 6) is 0.340. The predicted octanol–water partition coefficient (Wildman–Crippen LogP) is 3.89. The smallest absolute Gasteiger partial charge is 0.255 e. The molecular weight excluding hydrogens is 456 g/mol. The molecule has 186 valence electrons. The van der Waals surface area contributed by atoms with Crippen LogP contribution in [-0.2, 0) is 4.79 Å². The number of nitrogens with one attached hydrogen (secondary N) is 2. The third-order valence-corrected chi connectivity index (χ3v) is 6.00. The second-order valence-corrected chi connectivity index (χ2v) is 8.73. The van der Waals surface area contributed by atoms with Gasteiger partial charge in [0, 0.05) is 36.8 Å². The predicted molar refractivity (Wildman–Crippen MR) is 141 cm³/mol. The van der Waals surface area contributed by atoms with E-state index in [1.165, 1.54) is 4.90 Å². The number of hydrogen-bond acceptors (Lipinski definition) is 6. The Kier molecular flexibility index (Phi) is 7.30. The number of likely N-dealkylation sites (N-methyl/N-ethyl adjacent to an activating group) is 1. The van der Waals surface area contributed by atoms with Crippen LogP contribution in [0.1, 0.15) is 17.3 Å². The standard InChI is InChI=1S/C27H30N6O3/c1-6-33(4)16-24(34)29-22-12-11-17(13-20(22)27(35)32(2)3)18-14-21-25(30-31-26(21)28-15-18)19-9-7-8-10-23(19)36-5/h7-15H,6,16H2,1-5H3,(H,29,34)(H,28,30,31). The van der Waals surface area contributed by atoms with Gasteiger partial charge in [0.1, 0.15) is 5.75 Å². The molecule has 0 bridgehead atoms. The maximum atomic E-state index is 13.0. The molecule has 0 unspecified atom stereocenters. The van der Waals surface area contributed by atoms with Gasteiger partial charge in [-0.3, -0.25) is 19.6 Å². The molecule has 2 N–H and O–H groups in total. The van der Waals surface area contributed by atoms with E-state index in [-0.39, 0.29) is 18.4 Å². The number of anilines is 1. The summed E-state index contributed by atoms with van der Waals surface area (Å²) in [4.78, 5) is 33.4. The number of carbonyl (C=O) groups excluding carboxylic acids is 2. The molecule has 4 rings (SSSR count). The van der Waals surface area contributed by atoms with Gasteiger partial charge in [0.05, 0.1) is 30.6 Å². The topological polar surface area (TPSA) is 103 Å². The number of ether oxygens (including phenoxy) is 1. The molecule has 2 aromatic carbocycles. The van der Waals surface area contributed by atoms with Gasteiger partial charge in [-0.25, -0.2) is 4.98 Å². The Morgan fingerprint density at radius 3 is 2.56 bits per heavy atom. The van der Waals surface area contributed by atoms with Crippen molar-refractivity contribution in [3.05, 3.63) is 60.3 Å². The highest BCUT2D eigenvalue weighted by atomic mass is 16.5. The summed E-state index contributed by atoms with van der Waals surface area (Å²) in [6, 6.07) is 15.1. The molecule has 36 heavy (non-hydrogen) atoms. The summed E-state index contributed by atoms with van der Waals surface area (Å²) in [5, 5.41) is 11.1. The first-order valence-electron chi connectivity index (χ1n) is 11.6. The van der Waals surface area contributed by atoms with Crippen LogP contribution in [0.4, 0.5) is 5.69 Å². The zero-order valence-corrected chi connectivity index (χ0v) is 21.1. The molecule has 0 aliphatic rings. The Balaban J connectivity index is 1.76. The minimum atomic E-state index is -0.206. The van der Waals surface area contributed by atoms with Gasteiger partial charge in [-0.05, 0) is 49.5 Å². The molecule has 2 heterocycles. The van der Waals surface area contributed by atoms with Crippen LogP contribution in [0.5, 0.6) is 5.75 Å². The van der Waals surface area contributed by atoms with Gasteiger partial charge in [0.25, 0.3) is 5.91 Å². The van der Waals surface area contributed by atoms with Crippen molar-refractivity contribution in [1.82, 2.24) is 25.0 Å². The largest absolute Gasteiger partial charge is 0.496 e. The van der Waals surface area contributed by atoms with E-state index in [9.17, 15) is 9.59 Å². The minimum absolute atomic E-state index is 0.178. The summed E-state index contributed by atoms with van der Waals surface area (Å²) in [6.07, 6.45) is 1.73. The fourth-order valence-electron chi connectivity index (χ4n) is 3.91. The van der Waals surface area contributed by atoms with E-state index in [0.717, 1.165) is 40.1 Å². The van der Waals surface area contributed by atoms with Gasteiger partial charge in [0.15, 0.2) is 5.65 Å². The molecule has 0 aliphatic heterocycles. The molecule has 0 saturated heterocycles. The Morgan fingerprint density at radius 2 is 1.83 bits per heavy atom. The zero-order valence-electron chi connectivity index (χ0n) is 21.1. The van der Waals surface area contributed by atoms with Gasteiger partial charge in [-0.2, -0.15) is 5.10 Å². The van der Waals surface area contributed by atoms with Crippen molar-refractivity contribution in [2.24, 2.45) is 0 Å². The molecule has 0 saturated carbocycles. The van der Waals surface area contributed by atoms with Gasteiger partial charge < -0.3 is 15.0 Å². The van der Waals surface area contributed by atoms with E-state index < -0.39 is 0 Å². The van der Waals surface area contributed by atoms with Crippen LogP contribution in [0.2, 0.25) is 0 Å². The molecule has 2 aromatic heterocycles. The van der Waals surface area contributed by atoms with E-state index in [1.54, 1.807) is 39.5 Å². The lowest BCUT2D eigenvalue weighted by Crippen LogP contribution is -2.31. The summed E-state index contributed by atoms with van der Waals surface area (Å²) in [5.41, 5.74) is 4.74. The first kappa shape index (κ1) is 24.9. The second kappa shape index (κ2) is 10.6. The van der Waals surface area contributed by atoms with Crippen molar-refractivity contribution >= 4 is 28.5 Å². The van der Waals surface area contributed by atoms with Gasteiger partial charge in [0.2, 0.25) is 5.91 Å². The van der Waals surface area contributed by atoms with E-state index >= 15 is 0 Å². The highest BCUT2D eigenvalue weighted by molar-refractivity contribution is 6.05. The van der Waals surface area contributed by atoms with Crippen molar-refractivity contribution in [2.45, 2.75) is 6.92 Å². The molecule has 9 heteroatoms. The van der Waals surface area contributed by atoms with Crippen LogP contribution < -0.4 is 10.1 Å². The van der Waals surface area contributed by atoms with Crippen molar-refractivity contribution < 1.29 is 14.3 Å². The first-order chi connectivity index (χ1) is 17.3. The van der Waals surface area contributed by atoms with Crippen LogP contribution in [0.15, 0.2) is 54.7 Å². The molecule has 0 aliphatic carbocycles. The summed E-state index contributed by atoms with van der Waals surface area (Å²) < 4.78 is 5.53. The minimum Gasteiger partial charge on any atom is -0.496 e. The number of H-pyrrole nitrogens is 1. The molecular formula is C27H30N6O3. The second-order valence-electron chi connectivity index (χ2n) is 8.73. The first-order valence-corrected chi connectivity index (χ1v) is 11.6. The SMILES string of the molecule is CCN(C)CC(=O)Nc1ccc(-c2cnc3n[nH]c(-c4ccccc4OC)c3c2)cc1C(=O)N(C)C. The van der Waals surface area contributed by atoms with Crippen molar-refractivity contribution in [1.29, 1.82) is 0 Å². The van der Waals surface area contributed by atoms with Crippen LogP contribution in [0, 0.1) is 0 Å². The molecule has 2 amide bonds. The van der Waals surface area contributed by atoms with E-state index in [2.05, 4.69) is 20.5 Å². The maximum absolute atomic E-state index is 13.0. The lowest BCUT2D eigenvalue weighted by Gasteiger charge is -2.18. The summed E-state index contributed by atoms with van der Waals surface area (Å²) in [6.45, 7) is 2.96. The van der Waals surface area contributed by atoms with E-state index in [4.69, 9.17) is 4.74 Å². The Hall–Kier alpha value is -4.24. The average Bonchev–Trinajstić information content (AvgIpc) is 3.31. The van der Waals surface area contributed by atoms with Crippen LogP contribution in [-0.4, -0.2) is 78.1 Å². The average molecular weight is 487 g/mol. The fourth-order valence-corrected chi connectivity index (χ4v) is 3.91. The molecule has 0 spiro atoms. The number of para-hydroxylation sites is 1. The van der Waals surface area contributed by atoms with Crippen LogP contribution in [0.25, 0.3) is 33.4 Å². The lowest BCUT2D eigenvalue weighted by atomic mass is 10.0. The Labute approximate surface area is 210 Å². The Morgan fingerprint density at radius 1 is 1.06 bits per heavy atom. The van der Waals surface area contributed by atoms with Gasteiger partial charge >= 0.3 is 0 Å². The molecule has 9 nitrogen and oxygen atoms in total. The normalized spacial score (nSPS) is 11.1. The number of carbonyl (C=O) groups is 2. The number of pyridine rings is 1. The van der Waals surface area contributed by atoms with Crippen molar-refractivity contribution in [2.75, 3.05) is 46.7 Å².